The Morgan fingerprint density at radius 3 is 2.48 bits per heavy atom. The summed E-state index contributed by atoms with van der Waals surface area (Å²) in [5.74, 6) is 0.665. The zero-order valence-electron chi connectivity index (χ0n) is 13.1. The number of amides is 1. The van der Waals surface area contributed by atoms with Gasteiger partial charge in [0.15, 0.2) is 5.78 Å². The van der Waals surface area contributed by atoms with Crippen LogP contribution in [-0.2, 0) is 4.79 Å². The van der Waals surface area contributed by atoms with Crippen molar-refractivity contribution in [2.45, 2.75) is 39.7 Å². The van der Waals surface area contributed by atoms with Crippen LogP contribution < -0.4 is 5.32 Å². The lowest BCUT2D eigenvalue weighted by Gasteiger charge is -2.34. The van der Waals surface area contributed by atoms with E-state index in [0.717, 1.165) is 31.8 Å². The Balaban J connectivity index is 2.03. The Bertz CT molecular complexity index is 519. The van der Waals surface area contributed by atoms with Gasteiger partial charge in [0.1, 0.15) is 0 Å². The molecule has 2 rings (SSSR count). The average molecular weight is 288 g/mol. The number of rotatable bonds is 4. The van der Waals surface area contributed by atoms with E-state index in [0.29, 0.717) is 11.3 Å². The van der Waals surface area contributed by atoms with Crippen LogP contribution in [0, 0.1) is 5.92 Å². The molecule has 4 nitrogen and oxygen atoms in total. The Kier molecular flexibility index (Phi) is 5.12. The zero-order valence-corrected chi connectivity index (χ0v) is 13.1. The number of hydrogen-bond donors (Lipinski definition) is 1. The van der Waals surface area contributed by atoms with E-state index in [1.165, 1.54) is 6.92 Å². The smallest absolute Gasteiger partial charge is 0.241 e. The van der Waals surface area contributed by atoms with Crippen LogP contribution in [0.15, 0.2) is 24.3 Å². The van der Waals surface area contributed by atoms with Crippen molar-refractivity contribution in [1.82, 2.24) is 4.90 Å². The summed E-state index contributed by atoms with van der Waals surface area (Å²) >= 11 is 0. The number of nitrogens with zero attached hydrogens (tertiary/aromatic N) is 1. The molecule has 0 spiro atoms. The van der Waals surface area contributed by atoms with Gasteiger partial charge in [0.05, 0.1) is 11.7 Å². The molecule has 0 aliphatic carbocycles. The first-order valence-electron chi connectivity index (χ1n) is 7.64. The minimum Gasteiger partial charge on any atom is -0.324 e. The number of piperidine rings is 1. The Morgan fingerprint density at radius 1 is 1.24 bits per heavy atom. The molecule has 0 aromatic heterocycles. The average Bonchev–Trinajstić information content (AvgIpc) is 2.47. The lowest BCUT2D eigenvalue weighted by Crippen LogP contribution is -2.45. The summed E-state index contributed by atoms with van der Waals surface area (Å²) in [6, 6.07) is 6.99. The molecular weight excluding hydrogens is 264 g/mol. The van der Waals surface area contributed by atoms with Gasteiger partial charge in [0.25, 0.3) is 0 Å². The van der Waals surface area contributed by atoms with Crippen LogP contribution in [-0.4, -0.2) is 35.7 Å². The molecule has 1 aromatic carbocycles. The summed E-state index contributed by atoms with van der Waals surface area (Å²) in [7, 11) is 0. The molecule has 0 bridgehead atoms. The molecule has 1 aliphatic rings. The number of carbonyl (C=O) groups is 2. The molecule has 1 fully saturated rings. The fourth-order valence-corrected chi connectivity index (χ4v) is 2.72. The number of likely N-dealkylation sites (tertiary alicyclic amines) is 1. The molecule has 1 aromatic rings. The molecule has 1 N–H and O–H groups in total. The Hall–Kier alpha value is -1.68. The summed E-state index contributed by atoms with van der Waals surface area (Å²) in [6.45, 7) is 7.63. The van der Waals surface area contributed by atoms with Crippen molar-refractivity contribution in [3.8, 4) is 0 Å². The SMILES string of the molecule is CC(=O)c1ccccc1NC(=O)[C@@H](C)N1CCC(C)CC1. The minimum absolute atomic E-state index is 0.0367. The molecule has 0 unspecified atom stereocenters. The number of anilines is 1. The van der Waals surface area contributed by atoms with E-state index in [2.05, 4.69) is 17.1 Å². The third kappa shape index (κ3) is 3.91. The fourth-order valence-electron chi connectivity index (χ4n) is 2.72. The Morgan fingerprint density at radius 2 is 1.86 bits per heavy atom. The maximum Gasteiger partial charge on any atom is 0.241 e. The molecule has 4 heteroatoms. The highest BCUT2D eigenvalue weighted by molar-refractivity contribution is 6.04. The van der Waals surface area contributed by atoms with Gasteiger partial charge in [-0.2, -0.15) is 0 Å². The lowest BCUT2D eigenvalue weighted by molar-refractivity contribution is -0.121. The summed E-state index contributed by atoms with van der Waals surface area (Å²) in [5.41, 5.74) is 1.16. The molecule has 21 heavy (non-hydrogen) atoms. The van der Waals surface area contributed by atoms with E-state index >= 15 is 0 Å². The highest BCUT2D eigenvalue weighted by Gasteiger charge is 2.25. The van der Waals surface area contributed by atoms with Crippen LogP contribution in [0.25, 0.3) is 0 Å². The third-order valence-electron chi connectivity index (χ3n) is 4.31. The molecule has 1 atom stereocenters. The number of Topliss-reactive ketones (excluding diaryl/α,β-unsaturated/α-hetero) is 1. The summed E-state index contributed by atoms with van der Waals surface area (Å²) in [4.78, 5) is 26.2. The van der Waals surface area contributed by atoms with Crippen LogP contribution >= 0.6 is 0 Å². The van der Waals surface area contributed by atoms with Crippen LogP contribution in [0.2, 0.25) is 0 Å². The molecule has 114 valence electrons. The minimum atomic E-state index is -0.169. The zero-order chi connectivity index (χ0) is 15.4. The molecule has 0 saturated carbocycles. The van der Waals surface area contributed by atoms with Gasteiger partial charge < -0.3 is 5.32 Å². The number of benzene rings is 1. The number of hydrogen-bond acceptors (Lipinski definition) is 3. The summed E-state index contributed by atoms with van der Waals surface area (Å²) < 4.78 is 0. The monoisotopic (exact) mass is 288 g/mol. The molecular formula is C17H24N2O2. The van der Waals surface area contributed by atoms with Crippen molar-refractivity contribution in [2.24, 2.45) is 5.92 Å². The van der Waals surface area contributed by atoms with Crippen molar-refractivity contribution in [1.29, 1.82) is 0 Å². The van der Waals surface area contributed by atoms with Crippen LogP contribution in [0.5, 0.6) is 0 Å². The van der Waals surface area contributed by atoms with Crippen molar-refractivity contribution in [3.05, 3.63) is 29.8 Å². The maximum atomic E-state index is 12.4. The second kappa shape index (κ2) is 6.85. The van der Waals surface area contributed by atoms with Gasteiger partial charge >= 0.3 is 0 Å². The predicted molar refractivity (Wildman–Crippen MR) is 84.5 cm³/mol. The highest BCUT2D eigenvalue weighted by atomic mass is 16.2. The number of carbonyl (C=O) groups excluding carboxylic acids is 2. The predicted octanol–water partition coefficient (Wildman–Crippen LogP) is 2.95. The van der Waals surface area contributed by atoms with Gasteiger partial charge in [0, 0.05) is 5.56 Å². The van der Waals surface area contributed by atoms with Crippen LogP contribution in [0.3, 0.4) is 0 Å². The Labute approximate surface area is 126 Å². The molecule has 1 saturated heterocycles. The standard InChI is InChI=1S/C17H24N2O2/c1-12-8-10-19(11-9-12)13(2)17(21)18-16-7-5-4-6-15(16)14(3)20/h4-7,12-13H,8-11H2,1-3H3,(H,18,21)/t13-/m1/s1. The van der Waals surface area contributed by atoms with E-state index < -0.39 is 0 Å². The maximum absolute atomic E-state index is 12.4. The van der Waals surface area contributed by atoms with E-state index in [9.17, 15) is 9.59 Å². The number of nitrogens with one attached hydrogen (secondary N) is 1. The number of ketones is 1. The quantitative estimate of drug-likeness (QED) is 0.867. The normalized spacial score (nSPS) is 18.2. The van der Waals surface area contributed by atoms with E-state index in [1.54, 1.807) is 12.1 Å². The van der Waals surface area contributed by atoms with Crippen LogP contribution in [0.4, 0.5) is 5.69 Å². The van der Waals surface area contributed by atoms with Gasteiger partial charge in [-0.15, -0.1) is 0 Å². The molecule has 1 aliphatic heterocycles. The van der Waals surface area contributed by atoms with Gasteiger partial charge in [0.2, 0.25) is 5.91 Å². The fraction of sp³-hybridized carbons (Fsp3) is 0.529. The largest absolute Gasteiger partial charge is 0.324 e. The first-order chi connectivity index (χ1) is 9.99. The van der Waals surface area contributed by atoms with E-state index in [1.807, 2.05) is 19.1 Å². The topological polar surface area (TPSA) is 49.4 Å². The summed E-state index contributed by atoms with van der Waals surface area (Å²) in [5, 5.41) is 2.90. The lowest BCUT2D eigenvalue weighted by atomic mass is 9.98. The van der Waals surface area contributed by atoms with Crippen molar-refractivity contribution in [2.75, 3.05) is 18.4 Å². The highest BCUT2D eigenvalue weighted by Crippen LogP contribution is 2.20. The van der Waals surface area contributed by atoms with Crippen LogP contribution in [0.1, 0.15) is 44.0 Å². The van der Waals surface area contributed by atoms with Gasteiger partial charge in [-0.3, -0.25) is 14.5 Å². The van der Waals surface area contributed by atoms with Crippen molar-refractivity contribution < 1.29 is 9.59 Å². The van der Waals surface area contributed by atoms with E-state index in [-0.39, 0.29) is 17.7 Å². The first-order valence-corrected chi connectivity index (χ1v) is 7.64. The van der Waals surface area contributed by atoms with Gasteiger partial charge in [-0.25, -0.2) is 0 Å². The van der Waals surface area contributed by atoms with E-state index in [4.69, 9.17) is 0 Å². The first kappa shape index (κ1) is 15.7. The third-order valence-corrected chi connectivity index (χ3v) is 4.31. The van der Waals surface area contributed by atoms with Crippen molar-refractivity contribution in [3.63, 3.8) is 0 Å². The molecule has 1 heterocycles. The van der Waals surface area contributed by atoms with Crippen molar-refractivity contribution >= 4 is 17.4 Å². The second-order valence-electron chi connectivity index (χ2n) is 5.99. The summed E-state index contributed by atoms with van der Waals surface area (Å²) in [6.07, 6.45) is 2.28. The molecule has 1 amide bonds. The van der Waals surface area contributed by atoms with Gasteiger partial charge in [-0.1, -0.05) is 19.1 Å². The molecule has 0 radical (unpaired) electrons. The number of para-hydroxylation sites is 1. The second-order valence-corrected chi connectivity index (χ2v) is 5.99. The van der Waals surface area contributed by atoms with Gasteiger partial charge in [-0.05, 0) is 57.8 Å².